The molecule has 94 heavy (non-hydrogen) atoms. The van der Waals surface area contributed by atoms with Gasteiger partial charge in [-0.3, -0.25) is 9.59 Å². The second kappa shape index (κ2) is 34.1. The lowest BCUT2D eigenvalue weighted by Gasteiger charge is -2.36. The van der Waals surface area contributed by atoms with Gasteiger partial charge in [-0.05, 0) is 177 Å². The fourth-order valence-corrected chi connectivity index (χ4v) is 12.3. The summed E-state index contributed by atoms with van der Waals surface area (Å²) in [4.78, 5) is 22.1. The molecule has 0 heterocycles. The minimum Gasteiger partial charge on any atom is -0.469 e. The average molecular weight is 1280 g/mol. The number of esters is 1. The van der Waals surface area contributed by atoms with Gasteiger partial charge in [-0.25, -0.2) is 0 Å². The van der Waals surface area contributed by atoms with E-state index in [1.54, 1.807) is 6.92 Å². The molecule has 0 aromatic heterocycles. The molecule has 0 saturated heterocycles. The summed E-state index contributed by atoms with van der Waals surface area (Å²) in [6.45, 7) is 44.4. The van der Waals surface area contributed by atoms with Gasteiger partial charge in [-0.15, -0.1) is 0 Å². The Morgan fingerprint density at radius 1 is 0.426 bits per heavy atom. The Bertz CT molecular complexity index is 3300. The van der Waals surface area contributed by atoms with Gasteiger partial charge in [0.25, 0.3) is 0 Å². The third kappa shape index (κ3) is 26.4. The Morgan fingerprint density at radius 3 is 1.23 bits per heavy atom. The Morgan fingerprint density at radius 2 is 0.819 bits per heavy atom. The van der Waals surface area contributed by atoms with Gasteiger partial charge < -0.3 is 25.2 Å². The van der Waals surface area contributed by atoms with E-state index >= 15 is 0 Å². The van der Waals surface area contributed by atoms with Crippen LogP contribution in [0.3, 0.4) is 0 Å². The van der Waals surface area contributed by atoms with Crippen molar-refractivity contribution in [3.63, 3.8) is 0 Å². The van der Waals surface area contributed by atoms with Crippen LogP contribution in [-0.2, 0) is 84.1 Å². The number of benzene rings is 7. The Labute approximate surface area is 570 Å². The highest BCUT2D eigenvalue weighted by molar-refractivity contribution is 5.90. The minimum atomic E-state index is -0.810. The first-order valence-electron chi connectivity index (χ1n) is 34.7. The zero-order chi connectivity index (χ0) is 70.7. The SMILES string of the molecule is CC(=O)Cc1cccc(C(C)(C)C)c1.CC(C)(C)Cc1ccc(CO)cc1.CC(C)(C)c1cccc(C(C)(C)O)c1.CC(C)(C)c1cccc2c(C(C)(C)O)cccc12.CC1(c2ccc(C3(O)CCCCC3)cc2)CCCCC1.COC(=O)Cc1cccc(C(C)(C)C)c1. The van der Waals surface area contributed by atoms with Crippen LogP contribution in [0.5, 0.6) is 0 Å². The van der Waals surface area contributed by atoms with E-state index in [0.717, 1.165) is 70.9 Å². The van der Waals surface area contributed by atoms with Crippen molar-refractivity contribution in [3.8, 4) is 0 Å². The van der Waals surface area contributed by atoms with Crippen molar-refractivity contribution in [1.82, 2.24) is 0 Å². The van der Waals surface area contributed by atoms with E-state index < -0.39 is 16.8 Å². The molecule has 7 aromatic rings. The van der Waals surface area contributed by atoms with Crippen LogP contribution in [0.4, 0.5) is 0 Å². The molecular formula is C87H124O7. The summed E-state index contributed by atoms with van der Waals surface area (Å²) in [7, 11) is 1.41. The van der Waals surface area contributed by atoms with E-state index in [1.807, 2.05) is 88.4 Å². The first-order valence-corrected chi connectivity index (χ1v) is 34.7. The van der Waals surface area contributed by atoms with Crippen LogP contribution < -0.4 is 0 Å². The molecule has 0 amide bonds. The minimum absolute atomic E-state index is 0.109. The zero-order valence-electron chi connectivity index (χ0n) is 62.4. The van der Waals surface area contributed by atoms with Crippen LogP contribution in [0.2, 0.25) is 0 Å². The van der Waals surface area contributed by atoms with Crippen molar-refractivity contribution < 1.29 is 34.8 Å². The van der Waals surface area contributed by atoms with E-state index in [2.05, 4.69) is 213 Å². The smallest absolute Gasteiger partial charge is 0.309 e. The first kappa shape index (κ1) is 80.2. The van der Waals surface area contributed by atoms with E-state index in [9.17, 15) is 24.9 Å². The number of methoxy groups -OCH3 is 1. The predicted octanol–water partition coefficient (Wildman–Crippen LogP) is 21.2. The van der Waals surface area contributed by atoms with Gasteiger partial charge >= 0.3 is 5.97 Å². The highest BCUT2D eigenvalue weighted by Gasteiger charge is 2.33. The summed E-state index contributed by atoms with van der Waals surface area (Å²) >= 11 is 0. The van der Waals surface area contributed by atoms with Gasteiger partial charge in [0.1, 0.15) is 5.78 Å². The number of fused-ring (bicyclic) bond motifs is 1. The largest absolute Gasteiger partial charge is 0.469 e. The van der Waals surface area contributed by atoms with Crippen molar-refractivity contribution in [2.45, 2.75) is 279 Å². The summed E-state index contributed by atoms with van der Waals surface area (Å²) in [6.07, 6.45) is 14.2. The molecule has 2 aliphatic rings. The quantitative estimate of drug-likeness (QED) is 0.101. The first-order chi connectivity index (χ1) is 43.4. The van der Waals surface area contributed by atoms with Crippen LogP contribution in [0.1, 0.15) is 276 Å². The number of hydrogen-bond donors (Lipinski definition) is 4. The molecule has 2 aliphatic carbocycles. The molecule has 9 rings (SSSR count). The molecule has 0 aliphatic heterocycles. The lowest BCUT2D eigenvalue weighted by molar-refractivity contribution is -0.139. The number of carbonyl (C=O) groups is 2. The summed E-state index contributed by atoms with van der Waals surface area (Å²) in [6, 6.07) is 54.2. The van der Waals surface area contributed by atoms with Crippen LogP contribution >= 0.6 is 0 Å². The van der Waals surface area contributed by atoms with E-state index in [1.165, 1.54) is 84.4 Å². The number of hydrogen-bond acceptors (Lipinski definition) is 7. The van der Waals surface area contributed by atoms with Gasteiger partial charge in [0.2, 0.25) is 0 Å². The van der Waals surface area contributed by atoms with E-state index in [-0.39, 0.29) is 40.0 Å². The molecule has 0 radical (unpaired) electrons. The number of carbonyl (C=O) groups excluding carboxylic acids is 2. The van der Waals surface area contributed by atoms with Gasteiger partial charge in [0, 0.05) is 6.42 Å². The molecule has 2 fully saturated rings. The molecule has 4 N–H and O–H groups in total. The van der Waals surface area contributed by atoms with Crippen molar-refractivity contribution in [1.29, 1.82) is 0 Å². The van der Waals surface area contributed by atoms with Crippen molar-refractivity contribution in [2.75, 3.05) is 7.11 Å². The predicted molar refractivity (Wildman–Crippen MR) is 398 cm³/mol. The van der Waals surface area contributed by atoms with Crippen LogP contribution in [0.25, 0.3) is 10.8 Å². The maximum absolute atomic E-state index is 11.1. The third-order valence-electron chi connectivity index (χ3n) is 18.1. The molecular weight excluding hydrogens is 1160 g/mol. The number of rotatable bonds is 10. The third-order valence-corrected chi connectivity index (χ3v) is 18.1. The number of aliphatic hydroxyl groups excluding tert-OH is 1. The van der Waals surface area contributed by atoms with Crippen molar-refractivity contribution in [2.24, 2.45) is 5.41 Å². The number of ether oxygens (including phenoxy) is 1. The maximum Gasteiger partial charge on any atom is 0.309 e. The van der Waals surface area contributed by atoms with Crippen LogP contribution in [0, 0.1) is 5.41 Å². The van der Waals surface area contributed by atoms with Gasteiger partial charge in [-0.2, -0.15) is 0 Å². The summed E-state index contributed by atoms with van der Waals surface area (Å²) in [5, 5.41) is 42.2. The lowest BCUT2D eigenvalue weighted by atomic mass is 9.70. The molecule has 7 nitrogen and oxygen atoms in total. The zero-order valence-corrected chi connectivity index (χ0v) is 62.4. The number of ketones is 1. The van der Waals surface area contributed by atoms with Crippen molar-refractivity contribution >= 4 is 22.5 Å². The highest BCUT2D eigenvalue weighted by Crippen LogP contribution is 2.42. The topological polar surface area (TPSA) is 124 Å². The standard InChI is InChI=1S/C19H28O.C17H22O.C13H18O2.C13H20O.C13H18O.C12H18O/c1-18(12-4-2-5-13-18)16-8-10-17(11-9-16)19(20)14-6-3-7-15-19;1-16(2,3)14-10-6-9-13-12(14)8-7-11-15(13)17(4,5)18;1-13(2,3)11-7-5-6-10(8-11)9-12(14)15-4;1-12(2,3)10-7-6-8-11(9-10)13(4,5)14;1-10(14)8-11-6-5-7-12(9-11)13(2,3)4;1-12(2,3)8-10-4-6-11(9-13)7-5-10/h8-11,20H,2-7,12-15H2,1H3;6-11,18H,1-5H3;5-8H,9H2,1-4H3;6-9,14H,1-5H3;5-7,9H,8H2,1-4H3;4-7,13H,8-9H2,1-3H3. The fourth-order valence-electron chi connectivity index (χ4n) is 12.3. The molecule has 7 aromatic carbocycles. The molecule has 2 saturated carbocycles. The maximum atomic E-state index is 11.1. The number of aliphatic hydroxyl groups is 4. The van der Waals surface area contributed by atoms with E-state index in [4.69, 9.17) is 5.11 Å². The molecule has 7 heteroatoms. The summed E-state index contributed by atoms with van der Waals surface area (Å²) < 4.78 is 4.64. The molecule has 0 spiro atoms. The normalized spacial score (nSPS) is 14.9. The Balaban J connectivity index is 0.000000242. The number of Topliss-reactive ketones (excluding diaryl/α,β-unsaturated/α-hetero) is 1. The van der Waals surface area contributed by atoms with E-state index in [0.29, 0.717) is 23.7 Å². The average Bonchev–Trinajstić information content (AvgIpc) is 0.786. The molecule has 0 atom stereocenters. The lowest BCUT2D eigenvalue weighted by Crippen LogP contribution is -2.29. The molecule has 0 unspecified atom stereocenters. The van der Waals surface area contributed by atoms with Gasteiger partial charge in [0.15, 0.2) is 0 Å². The van der Waals surface area contributed by atoms with Crippen LogP contribution in [0.15, 0.2) is 158 Å². The fraction of sp³-hybridized carbons (Fsp3) is 0.517. The second-order valence-corrected chi connectivity index (χ2v) is 33.4. The Kier molecular flexibility index (Phi) is 29.1. The van der Waals surface area contributed by atoms with Crippen molar-refractivity contribution in [3.05, 3.63) is 224 Å². The Hall–Kier alpha value is -6.22. The van der Waals surface area contributed by atoms with Gasteiger partial charge in [0.05, 0.1) is 36.9 Å². The summed E-state index contributed by atoms with van der Waals surface area (Å²) in [5.41, 5.74) is 13.3. The van der Waals surface area contributed by atoms with Crippen LogP contribution in [-0.4, -0.2) is 39.3 Å². The monoisotopic (exact) mass is 1280 g/mol. The summed E-state index contributed by atoms with van der Waals surface area (Å²) in [5.74, 6) is 0.0251. The second-order valence-electron chi connectivity index (χ2n) is 33.4. The highest BCUT2D eigenvalue weighted by atomic mass is 16.5. The molecule has 514 valence electrons. The van der Waals surface area contributed by atoms with Gasteiger partial charge in [-0.1, -0.05) is 307 Å². The molecule has 0 bridgehead atoms.